The predicted octanol–water partition coefficient (Wildman–Crippen LogP) is 2.06. The van der Waals surface area contributed by atoms with E-state index < -0.39 is 12.4 Å². The van der Waals surface area contributed by atoms with Gasteiger partial charge in [0.05, 0.1) is 12.6 Å². The number of piperazine rings is 1. The first kappa shape index (κ1) is 23.0. The van der Waals surface area contributed by atoms with Gasteiger partial charge in [-0.15, -0.1) is 13.2 Å². The van der Waals surface area contributed by atoms with Gasteiger partial charge in [-0.2, -0.15) is 0 Å². The van der Waals surface area contributed by atoms with Crippen molar-refractivity contribution in [2.24, 2.45) is 0 Å². The van der Waals surface area contributed by atoms with Crippen LogP contribution in [0.15, 0.2) is 24.3 Å². The van der Waals surface area contributed by atoms with Crippen LogP contribution in [-0.4, -0.2) is 73.3 Å². The van der Waals surface area contributed by atoms with E-state index in [1.54, 1.807) is 6.92 Å². The van der Waals surface area contributed by atoms with Gasteiger partial charge in [0.15, 0.2) is 0 Å². The first-order valence-corrected chi connectivity index (χ1v) is 9.57. The molecule has 0 aliphatic carbocycles. The number of alkyl halides is 3. The Kier molecular flexibility index (Phi) is 8.27. The van der Waals surface area contributed by atoms with Crippen molar-refractivity contribution in [3.8, 4) is 5.75 Å². The summed E-state index contributed by atoms with van der Waals surface area (Å²) in [6.45, 7) is 7.44. The van der Waals surface area contributed by atoms with Crippen LogP contribution in [0.2, 0.25) is 0 Å². The molecule has 2 N–H and O–H groups in total. The standard InChI is InChI=1S/C19H27F3N4O3/c1-3-8-23-17(27)13-25-9-11-26(12-10-25)14(2)18(28)24-15-4-6-16(7-5-15)29-19(20,21)22/h4-7,14H,3,8-13H2,1-2H3,(H,23,27)(H,24,28)/t14-/m1/s1. The quantitative estimate of drug-likeness (QED) is 0.679. The minimum Gasteiger partial charge on any atom is -0.406 e. The minimum absolute atomic E-state index is 0.00374. The molecule has 1 aromatic carbocycles. The second-order valence-corrected chi connectivity index (χ2v) is 6.90. The Morgan fingerprint density at radius 2 is 1.76 bits per heavy atom. The molecule has 1 saturated heterocycles. The molecule has 2 amide bonds. The molecule has 10 heteroatoms. The summed E-state index contributed by atoms with van der Waals surface area (Å²) in [6.07, 6.45) is -3.86. The molecular formula is C19H27F3N4O3. The van der Waals surface area contributed by atoms with E-state index in [9.17, 15) is 22.8 Å². The van der Waals surface area contributed by atoms with E-state index >= 15 is 0 Å². The van der Waals surface area contributed by atoms with Crippen LogP contribution in [0, 0.1) is 0 Å². The average Bonchev–Trinajstić information content (AvgIpc) is 2.66. The summed E-state index contributed by atoms with van der Waals surface area (Å²) >= 11 is 0. The van der Waals surface area contributed by atoms with Crippen LogP contribution in [0.3, 0.4) is 0 Å². The van der Waals surface area contributed by atoms with Crippen LogP contribution in [0.4, 0.5) is 18.9 Å². The second-order valence-electron chi connectivity index (χ2n) is 6.90. The Hall–Kier alpha value is -2.33. The van der Waals surface area contributed by atoms with Crippen LogP contribution in [-0.2, 0) is 9.59 Å². The van der Waals surface area contributed by atoms with Crippen LogP contribution >= 0.6 is 0 Å². The van der Waals surface area contributed by atoms with Crippen molar-refractivity contribution >= 4 is 17.5 Å². The van der Waals surface area contributed by atoms with Gasteiger partial charge in [0, 0.05) is 38.4 Å². The molecule has 1 aromatic rings. The number of hydrogen-bond donors (Lipinski definition) is 2. The number of carbonyl (C=O) groups is 2. The number of ether oxygens (including phenoxy) is 1. The topological polar surface area (TPSA) is 73.9 Å². The molecule has 2 rings (SSSR count). The molecule has 1 aliphatic heterocycles. The number of benzene rings is 1. The zero-order valence-electron chi connectivity index (χ0n) is 16.6. The van der Waals surface area contributed by atoms with Gasteiger partial charge in [0.25, 0.3) is 0 Å². The van der Waals surface area contributed by atoms with Gasteiger partial charge in [-0.05, 0) is 37.6 Å². The fourth-order valence-electron chi connectivity index (χ4n) is 2.98. The summed E-state index contributed by atoms with van der Waals surface area (Å²) in [7, 11) is 0. The molecule has 7 nitrogen and oxygen atoms in total. The Balaban J connectivity index is 1.78. The highest BCUT2D eigenvalue weighted by molar-refractivity contribution is 5.94. The van der Waals surface area contributed by atoms with Gasteiger partial charge in [-0.1, -0.05) is 6.92 Å². The maximum atomic E-state index is 12.5. The lowest BCUT2D eigenvalue weighted by atomic mass is 10.2. The molecule has 1 aliphatic rings. The van der Waals surface area contributed by atoms with Gasteiger partial charge >= 0.3 is 6.36 Å². The number of carbonyl (C=O) groups excluding carboxylic acids is 2. The van der Waals surface area contributed by atoms with Crippen molar-refractivity contribution in [1.29, 1.82) is 0 Å². The largest absolute Gasteiger partial charge is 0.573 e. The Morgan fingerprint density at radius 3 is 2.31 bits per heavy atom. The lowest BCUT2D eigenvalue weighted by molar-refractivity contribution is -0.274. The zero-order valence-corrected chi connectivity index (χ0v) is 16.6. The predicted molar refractivity (Wildman–Crippen MR) is 103 cm³/mol. The van der Waals surface area contributed by atoms with Crippen LogP contribution in [0.5, 0.6) is 5.75 Å². The maximum Gasteiger partial charge on any atom is 0.573 e. The van der Waals surface area contributed by atoms with E-state index in [0.29, 0.717) is 45.0 Å². The highest BCUT2D eigenvalue weighted by Crippen LogP contribution is 2.24. The van der Waals surface area contributed by atoms with E-state index in [1.165, 1.54) is 12.1 Å². The number of nitrogens with zero attached hydrogens (tertiary/aromatic N) is 2. The van der Waals surface area contributed by atoms with Crippen LogP contribution < -0.4 is 15.4 Å². The maximum absolute atomic E-state index is 12.5. The monoisotopic (exact) mass is 416 g/mol. The first-order chi connectivity index (χ1) is 13.7. The summed E-state index contributed by atoms with van der Waals surface area (Å²) in [5, 5.41) is 5.55. The average molecular weight is 416 g/mol. The number of rotatable bonds is 8. The third-order valence-corrected chi connectivity index (χ3v) is 4.63. The minimum atomic E-state index is -4.75. The second kappa shape index (κ2) is 10.4. The molecule has 1 atom stereocenters. The molecule has 0 radical (unpaired) electrons. The van der Waals surface area contributed by atoms with Crippen molar-refractivity contribution in [1.82, 2.24) is 15.1 Å². The van der Waals surface area contributed by atoms with Gasteiger partial charge < -0.3 is 15.4 Å². The summed E-state index contributed by atoms with van der Waals surface area (Å²) in [5.74, 6) is -0.588. The third kappa shape index (κ3) is 7.90. The summed E-state index contributed by atoms with van der Waals surface area (Å²) in [5.41, 5.74) is 0.391. The normalized spacial score (nSPS) is 16.9. The lowest BCUT2D eigenvalue weighted by Gasteiger charge is -2.37. The number of halogens is 3. The fraction of sp³-hybridized carbons (Fsp3) is 0.579. The Bertz CT molecular complexity index is 674. The molecular weight excluding hydrogens is 389 g/mol. The molecule has 162 valence electrons. The lowest BCUT2D eigenvalue weighted by Crippen LogP contribution is -2.54. The molecule has 0 unspecified atom stereocenters. The highest BCUT2D eigenvalue weighted by Gasteiger charge is 2.31. The zero-order chi connectivity index (χ0) is 21.4. The molecule has 1 heterocycles. The van der Waals surface area contributed by atoms with Gasteiger partial charge in [-0.25, -0.2) is 0 Å². The summed E-state index contributed by atoms with van der Waals surface area (Å²) in [6, 6.07) is 4.61. The number of nitrogens with one attached hydrogen (secondary N) is 2. The summed E-state index contributed by atoms with van der Waals surface area (Å²) in [4.78, 5) is 28.3. The van der Waals surface area contributed by atoms with Crippen molar-refractivity contribution in [2.45, 2.75) is 32.7 Å². The van der Waals surface area contributed by atoms with E-state index in [4.69, 9.17) is 0 Å². The smallest absolute Gasteiger partial charge is 0.406 e. The fourth-order valence-corrected chi connectivity index (χ4v) is 2.98. The van der Waals surface area contributed by atoms with Crippen LogP contribution in [0.25, 0.3) is 0 Å². The van der Waals surface area contributed by atoms with E-state index in [0.717, 1.165) is 18.6 Å². The Morgan fingerprint density at radius 1 is 1.14 bits per heavy atom. The van der Waals surface area contributed by atoms with Crippen molar-refractivity contribution in [3.63, 3.8) is 0 Å². The number of amides is 2. The molecule has 0 saturated carbocycles. The molecule has 0 aromatic heterocycles. The SMILES string of the molecule is CCCNC(=O)CN1CCN([C@H](C)C(=O)Nc2ccc(OC(F)(F)F)cc2)CC1. The van der Waals surface area contributed by atoms with Crippen LogP contribution in [0.1, 0.15) is 20.3 Å². The van der Waals surface area contributed by atoms with E-state index in [-0.39, 0.29) is 17.6 Å². The van der Waals surface area contributed by atoms with Crippen molar-refractivity contribution in [3.05, 3.63) is 24.3 Å². The van der Waals surface area contributed by atoms with Gasteiger partial charge in [0.2, 0.25) is 11.8 Å². The number of anilines is 1. The Labute approximate surface area is 168 Å². The molecule has 0 bridgehead atoms. The highest BCUT2D eigenvalue weighted by atomic mass is 19.4. The number of hydrogen-bond acceptors (Lipinski definition) is 5. The molecule has 1 fully saturated rings. The first-order valence-electron chi connectivity index (χ1n) is 9.57. The third-order valence-electron chi connectivity index (χ3n) is 4.63. The van der Waals surface area contributed by atoms with E-state index in [1.807, 2.05) is 16.7 Å². The van der Waals surface area contributed by atoms with Gasteiger partial charge in [-0.3, -0.25) is 19.4 Å². The molecule has 29 heavy (non-hydrogen) atoms. The van der Waals surface area contributed by atoms with Crippen molar-refractivity contribution < 1.29 is 27.5 Å². The molecule has 0 spiro atoms. The van der Waals surface area contributed by atoms with E-state index in [2.05, 4.69) is 15.4 Å². The van der Waals surface area contributed by atoms with Gasteiger partial charge in [0.1, 0.15) is 5.75 Å². The summed E-state index contributed by atoms with van der Waals surface area (Å²) < 4.78 is 40.4. The van der Waals surface area contributed by atoms with Crippen molar-refractivity contribution in [2.75, 3.05) is 44.6 Å².